The van der Waals surface area contributed by atoms with Crippen molar-refractivity contribution < 1.29 is 39.4 Å². The lowest BCUT2D eigenvalue weighted by Crippen LogP contribution is -2.18. The minimum atomic E-state index is -0.207. The van der Waals surface area contributed by atoms with Crippen molar-refractivity contribution in [2.24, 2.45) is 0 Å². The molecule has 4 aromatic carbocycles. The molecule has 4 N–H and O–H groups in total. The van der Waals surface area contributed by atoms with Crippen LogP contribution in [0.15, 0.2) is 48.5 Å². The van der Waals surface area contributed by atoms with Gasteiger partial charge in [-0.15, -0.1) is 0 Å². The molecule has 0 heterocycles. The van der Waals surface area contributed by atoms with E-state index in [1.54, 1.807) is 0 Å². The van der Waals surface area contributed by atoms with Crippen molar-refractivity contribution in [1.29, 1.82) is 0 Å². The van der Waals surface area contributed by atoms with E-state index >= 15 is 0 Å². The Kier molecular flexibility index (Phi) is 14.8. The van der Waals surface area contributed by atoms with E-state index in [4.69, 9.17) is 18.9 Å². The third-order valence-electron chi connectivity index (χ3n) is 11.3. The summed E-state index contributed by atoms with van der Waals surface area (Å²) in [6, 6.07) is 17.9. The van der Waals surface area contributed by atoms with Gasteiger partial charge in [0.25, 0.3) is 0 Å². The molecular weight excluding hydrogens is 753 g/mol. The van der Waals surface area contributed by atoms with Crippen LogP contribution in [-0.2, 0) is 47.3 Å². The Labute approximate surface area is 359 Å². The van der Waals surface area contributed by atoms with Crippen molar-refractivity contribution in [3.8, 4) is 23.0 Å². The lowest BCUT2D eigenvalue weighted by atomic mass is 9.79. The number of fused-ring (bicyclic) bond motifs is 8. The summed E-state index contributed by atoms with van der Waals surface area (Å²) in [4.78, 5) is 0. The van der Waals surface area contributed by atoms with Crippen LogP contribution in [0.4, 0.5) is 0 Å². The Morgan fingerprint density at radius 3 is 0.583 bits per heavy atom. The lowest BCUT2D eigenvalue weighted by Gasteiger charge is -2.29. The van der Waals surface area contributed by atoms with Crippen LogP contribution in [0.25, 0.3) is 0 Å². The molecule has 0 spiro atoms. The standard InChI is InChI=1S/C52H72O8/c1-49(2,3)41-25-33-21-35-27-42(50(4,5)6)29-37(46(35)58-18-14-54)23-39-31-44(52(10,11)12)32-40(48(39)60-20-16-56)24-38-30-43(51(7,8)9)28-36(47(38)59-19-15-55)22-34(26-41)45(33)57-17-13-53/h25-32,53-56H,13-24H2,1-12H3. The van der Waals surface area contributed by atoms with E-state index in [9.17, 15) is 20.4 Å². The maximum Gasteiger partial charge on any atom is 0.126 e. The van der Waals surface area contributed by atoms with Gasteiger partial charge in [-0.25, -0.2) is 0 Å². The monoisotopic (exact) mass is 825 g/mol. The summed E-state index contributed by atoms with van der Waals surface area (Å²) in [5.41, 5.74) is 11.5. The minimum absolute atomic E-state index is 0.124. The van der Waals surface area contributed by atoms with Crippen molar-refractivity contribution in [3.63, 3.8) is 0 Å². The summed E-state index contributed by atoms with van der Waals surface area (Å²) in [5.74, 6) is 2.87. The number of ether oxygens (including phenoxy) is 4. The van der Waals surface area contributed by atoms with E-state index in [0.717, 1.165) is 89.8 Å². The maximum absolute atomic E-state index is 10.1. The molecule has 8 nitrogen and oxygen atoms in total. The largest absolute Gasteiger partial charge is 0.491 e. The smallest absolute Gasteiger partial charge is 0.126 e. The molecule has 60 heavy (non-hydrogen) atoms. The Hall–Kier alpha value is -4.08. The zero-order valence-electron chi connectivity index (χ0n) is 38.5. The van der Waals surface area contributed by atoms with Crippen LogP contribution in [0.3, 0.4) is 0 Å². The summed E-state index contributed by atoms with van der Waals surface area (Å²) in [6.45, 7) is 26.5. The van der Waals surface area contributed by atoms with Gasteiger partial charge in [0.2, 0.25) is 0 Å². The molecule has 0 unspecified atom stereocenters. The predicted molar refractivity (Wildman–Crippen MR) is 242 cm³/mol. The topological polar surface area (TPSA) is 118 Å². The molecule has 1 aliphatic carbocycles. The second-order valence-electron chi connectivity index (χ2n) is 20.5. The van der Waals surface area contributed by atoms with E-state index < -0.39 is 0 Å². The van der Waals surface area contributed by atoms with Crippen molar-refractivity contribution in [3.05, 3.63) is 115 Å². The van der Waals surface area contributed by atoms with Gasteiger partial charge in [-0.3, -0.25) is 0 Å². The molecule has 0 saturated heterocycles. The third-order valence-corrected chi connectivity index (χ3v) is 11.3. The van der Waals surface area contributed by atoms with E-state index in [1.807, 2.05) is 0 Å². The quantitative estimate of drug-likeness (QED) is 0.0986. The van der Waals surface area contributed by atoms with Crippen LogP contribution in [0, 0.1) is 0 Å². The highest BCUT2D eigenvalue weighted by Crippen LogP contribution is 2.44. The Balaban J connectivity index is 2.02. The van der Waals surface area contributed by atoms with Crippen LogP contribution < -0.4 is 18.9 Å². The molecule has 8 heteroatoms. The number of rotatable bonds is 12. The molecule has 0 radical (unpaired) electrons. The molecular formula is C52H72O8. The fraction of sp³-hybridized carbons (Fsp3) is 0.538. The summed E-state index contributed by atoms with van der Waals surface area (Å²) in [7, 11) is 0. The summed E-state index contributed by atoms with van der Waals surface area (Å²) in [5, 5.41) is 40.6. The molecule has 0 atom stereocenters. The molecule has 4 aromatic rings. The molecule has 0 aromatic heterocycles. The first-order chi connectivity index (χ1) is 28.1. The Morgan fingerprint density at radius 1 is 0.317 bits per heavy atom. The lowest BCUT2D eigenvalue weighted by molar-refractivity contribution is 0.196. The second-order valence-corrected chi connectivity index (χ2v) is 20.5. The highest BCUT2D eigenvalue weighted by atomic mass is 16.5. The number of hydrogen-bond donors (Lipinski definition) is 4. The van der Waals surface area contributed by atoms with Gasteiger partial charge in [0.1, 0.15) is 49.4 Å². The van der Waals surface area contributed by atoms with E-state index in [-0.39, 0.29) is 74.5 Å². The van der Waals surface area contributed by atoms with E-state index in [2.05, 4.69) is 132 Å². The van der Waals surface area contributed by atoms with Gasteiger partial charge >= 0.3 is 0 Å². The number of hydrogen-bond acceptors (Lipinski definition) is 8. The van der Waals surface area contributed by atoms with Crippen molar-refractivity contribution in [2.45, 2.75) is 130 Å². The van der Waals surface area contributed by atoms with Crippen molar-refractivity contribution in [2.75, 3.05) is 52.9 Å². The summed E-state index contributed by atoms with van der Waals surface area (Å²) >= 11 is 0. The Bertz CT molecular complexity index is 1710. The molecule has 1 aliphatic rings. The number of aliphatic hydroxyl groups is 4. The first kappa shape index (κ1) is 47.0. The predicted octanol–water partition coefficient (Wildman–Crippen LogP) is 9.04. The van der Waals surface area contributed by atoms with Gasteiger partial charge in [-0.2, -0.15) is 0 Å². The highest BCUT2D eigenvalue weighted by Gasteiger charge is 2.29. The van der Waals surface area contributed by atoms with Crippen LogP contribution in [0.1, 0.15) is 150 Å². The van der Waals surface area contributed by atoms with Crippen molar-refractivity contribution >= 4 is 0 Å². The fourth-order valence-corrected chi connectivity index (χ4v) is 7.95. The van der Waals surface area contributed by atoms with Gasteiger partial charge in [-0.05, 0) is 88.4 Å². The van der Waals surface area contributed by atoms with E-state index in [0.29, 0.717) is 25.7 Å². The first-order valence-corrected chi connectivity index (χ1v) is 21.7. The molecule has 0 fully saturated rings. The molecule has 328 valence electrons. The first-order valence-electron chi connectivity index (χ1n) is 21.7. The number of aliphatic hydroxyl groups excluding tert-OH is 4. The van der Waals surface area contributed by atoms with Gasteiger partial charge in [0.15, 0.2) is 0 Å². The third kappa shape index (κ3) is 11.2. The summed E-state index contributed by atoms with van der Waals surface area (Å²) < 4.78 is 26.4. The van der Waals surface area contributed by atoms with Gasteiger partial charge < -0.3 is 39.4 Å². The number of benzene rings is 4. The van der Waals surface area contributed by atoms with Gasteiger partial charge in [0, 0.05) is 25.7 Å². The van der Waals surface area contributed by atoms with Crippen molar-refractivity contribution in [1.82, 2.24) is 0 Å². The molecule has 0 saturated carbocycles. The Morgan fingerprint density at radius 2 is 0.467 bits per heavy atom. The average molecular weight is 825 g/mol. The molecule has 0 amide bonds. The molecule has 8 bridgehead atoms. The summed E-state index contributed by atoms with van der Waals surface area (Å²) in [6.07, 6.45) is 1.88. The van der Waals surface area contributed by atoms with Crippen LogP contribution in [0.2, 0.25) is 0 Å². The minimum Gasteiger partial charge on any atom is -0.491 e. The van der Waals surface area contributed by atoms with Crippen LogP contribution in [-0.4, -0.2) is 73.3 Å². The SMILES string of the molecule is CC(C)(C)c1cc2c(OCCO)c(c1)Cc1cc(C(C)(C)C)cc(c1OCCO)Cc1cc(C(C)(C)C)cc(c1OCCO)Cc1cc(C(C)(C)C)cc(c1OCCO)C2. The zero-order valence-corrected chi connectivity index (χ0v) is 38.5. The zero-order chi connectivity index (χ0) is 44.2. The fourth-order valence-electron chi connectivity index (χ4n) is 7.95. The normalized spacial score (nSPS) is 13.6. The second kappa shape index (κ2) is 18.9. The highest BCUT2D eigenvalue weighted by molar-refractivity contribution is 5.60. The maximum atomic E-state index is 10.1. The molecule has 0 aliphatic heterocycles. The van der Waals surface area contributed by atoms with Gasteiger partial charge in [0.05, 0.1) is 26.4 Å². The molecule has 5 rings (SSSR count). The van der Waals surface area contributed by atoms with Crippen LogP contribution in [0.5, 0.6) is 23.0 Å². The van der Waals surface area contributed by atoms with E-state index in [1.165, 1.54) is 0 Å². The average Bonchev–Trinajstić information content (AvgIpc) is 3.14. The van der Waals surface area contributed by atoms with Gasteiger partial charge in [-0.1, -0.05) is 132 Å². The van der Waals surface area contributed by atoms with Crippen LogP contribution >= 0.6 is 0 Å².